The molecule has 0 saturated heterocycles. The van der Waals surface area contributed by atoms with E-state index >= 15 is 0 Å². The molecule has 1 aromatic heterocycles. The minimum Gasteiger partial charge on any atom is -0.493 e. The summed E-state index contributed by atoms with van der Waals surface area (Å²) in [5.74, 6) is 0.571. The molecular formula is C19H21BrN2O3. The molecule has 0 unspecified atom stereocenters. The third-order valence-electron chi connectivity index (χ3n) is 3.66. The van der Waals surface area contributed by atoms with E-state index in [0.29, 0.717) is 13.2 Å². The molecule has 0 bridgehead atoms. The van der Waals surface area contributed by atoms with E-state index in [1.165, 1.54) is 6.20 Å². The Morgan fingerprint density at radius 1 is 1.40 bits per heavy atom. The molecule has 25 heavy (non-hydrogen) atoms. The van der Waals surface area contributed by atoms with Crippen LogP contribution in [0.15, 0.2) is 53.7 Å². The van der Waals surface area contributed by atoms with Crippen LogP contribution in [-0.4, -0.2) is 29.2 Å². The monoisotopic (exact) mass is 404 g/mol. The summed E-state index contributed by atoms with van der Waals surface area (Å²) >= 11 is 3.50. The highest BCUT2D eigenvalue weighted by Gasteiger charge is 2.12. The number of aromatic nitrogens is 1. The molecule has 132 valence electrons. The first-order valence-corrected chi connectivity index (χ1v) is 8.80. The molecule has 0 radical (unpaired) electrons. The fourth-order valence-electron chi connectivity index (χ4n) is 2.32. The molecule has 2 rings (SSSR count). The number of anilines is 1. The minimum absolute atomic E-state index is 0.177. The molecule has 0 amide bonds. The first-order valence-electron chi connectivity index (χ1n) is 8.01. The number of nitrogens with zero attached hydrogens (tertiary/aromatic N) is 2. The highest BCUT2D eigenvalue weighted by Crippen LogP contribution is 2.26. The number of aromatic carboxylic acids is 1. The van der Waals surface area contributed by atoms with Gasteiger partial charge in [0.15, 0.2) is 0 Å². The van der Waals surface area contributed by atoms with Gasteiger partial charge in [0.2, 0.25) is 0 Å². The molecule has 6 heteroatoms. The Kier molecular flexibility index (Phi) is 7.01. The molecule has 2 aromatic rings. The lowest BCUT2D eigenvalue weighted by molar-refractivity contribution is 0.0696. The highest BCUT2D eigenvalue weighted by atomic mass is 79.9. The van der Waals surface area contributed by atoms with Crippen molar-refractivity contribution in [2.75, 3.05) is 18.1 Å². The molecule has 0 atom stereocenters. The van der Waals surface area contributed by atoms with Crippen molar-refractivity contribution < 1.29 is 14.6 Å². The smallest absolute Gasteiger partial charge is 0.337 e. The maximum Gasteiger partial charge on any atom is 0.337 e. The summed E-state index contributed by atoms with van der Waals surface area (Å²) in [6.45, 7) is 7.66. The van der Waals surface area contributed by atoms with E-state index in [1.54, 1.807) is 12.1 Å². The van der Waals surface area contributed by atoms with E-state index in [2.05, 4.69) is 32.4 Å². The number of carboxylic acid groups (broad SMARTS) is 1. The van der Waals surface area contributed by atoms with Crippen LogP contribution in [0.5, 0.6) is 5.75 Å². The number of benzene rings is 1. The summed E-state index contributed by atoms with van der Waals surface area (Å²) < 4.78 is 6.82. The predicted octanol–water partition coefficient (Wildman–Crippen LogP) is 4.52. The topological polar surface area (TPSA) is 62.7 Å². The zero-order chi connectivity index (χ0) is 18.2. The van der Waals surface area contributed by atoms with Crippen molar-refractivity contribution in [3.8, 4) is 5.75 Å². The summed E-state index contributed by atoms with van der Waals surface area (Å²) in [5.41, 5.74) is 1.21. The lowest BCUT2D eigenvalue weighted by Gasteiger charge is -2.23. The van der Waals surface area contributed by atoms with Crippen LogP contribution in [0, 0.1) is 0 Å². The average Bonchev–Trinajstić information content (AvgIpc) is 2.61. The molecule has 0 aliphatic rings. The van der Waals surface area contributed by atoms with Crippen molar-refractivity contribution in [2.24, 2.45) is 0 Å². The van der Waals surface area contributed by atoms with Crippen molar-refractivity contribution >= 4 is 27.7 Å². The van der Waals surface area contributed by atoms with Gasteiger partial charge in [-0.15, -0.1) is 6.58 Å². The van der Waals surface area contributed by atoms with E-state index in [1.807, 2.05) is 31.2 Å². The van der Waals surface area contributed by atoms with Crippen molar-refractivity contribution in [1.82, 2.24) is 4.98 Å². The van der Waals surface area contributed by atoms with Gasteiger partial charge in [0, 0.05) is 29.3 Å². The van der Waals surface area contributed by atoms with E-state index < -0.39 is 5.97 Å². The van der Waals surface area contributed by atoms with E-state index in [-0.39, 0.29) is 5.56 Å². The maximum absolute atomic E-state index is 11.0. The third kappa shape index (κ3) is 5.32. The number of pyridine rings is 1. The van der Waals surface area contributed by atoms with Gasteiger partial charge in [0.1, 0.15) is 11.6 Å². The highest BCUT2D eigenvalue weighted by molar-refractivity contribution is 9.10. The first-order chi connectivity index (χ1) is 12.0. The van der Waals surface area contributed by atoms with Crippen molar-refractivity contribution in [1.29, 1.82) is 0 Å². The van der Waals surface area contributed by atoms with Crippen molar-refractivity contribution in [2.45, 2.75) is 19.9 Å². The largest absolute Gasteiger partial charge is 0.493 e. The van der Waals surface area contributed by atoms with Crippen LogP contribution in [0.25, 0.3) is 0 Å². The Morgan fingerprint density at radius 3 is 2.80 bits per heavy atom. The van der Waals surface area contributed by atoms with Crippen LogP contribution in [0.2, 0.25) is 0 Å². The van der Waals surface area contributed by atoms with Crippen LogP contribution >= 0.6 is 15.9 Å². The molecule has 0 fully saturated rings. The summed E-state index contributed by atoms with van der Waals surface area (Å²) in [7, 11) is 0. The van der Waals surface area contributed by atoms with Gasteiger partial charge >= 0.3 is 5.97 Å². The Labute approximate surface area is 156 Å². The number of halogens is 1. The molecule has 0 saturated carbocycles. The number of carboxylic acids is 1. The number of hydrogen-bond donors (Lipinski definition) is 1. The van der Waals surface area contributed by atoms with Crippen LogP contribution in [-0.2, 0) is 6.54 Å². The molecule has 1 N–H and O–H groups in total. The van der Waals surface area contributed by atoms with E-state index in [0.717, 1.165) is 34.6 Å². The summed E-state index contributed by atoms with van der Waals surface area (Å²) in [6.07, 6.45) is 3.98. The molecule has 0 aliphatic carbocycles. The normalized spacial score (nSPS) is 10.3. The summed E-state index contributed by atoms with van der Waals surface area (Å²) in [5, 5.41) is 8.99. The van der Waals surface area contributed by atoms with Gasteiger partial charge in [-0.25, -0.2) is 9.78 Å². The molecule has 5 nitrogen and oxygen atoms in total. The van der Waals surface area contributed by atoms with E-state index in [9.17, 15) is 4.79 Å². The van der Waals surface area contributed by atoms with Gasteiger partial charge in [0.25, 0.3) is 0 Å². The fourth-order valence-corrected chi connectivity index (χ4v) is 2.73. The first kappa shape index (κ1) is 19.0. The van der Waals surface area contributed by atoms with Crippen LogP contribution in [0.1, 0.15) is 29.3 Å². The van der Waals surface area contributed by atoms with Gasteiger partial charge < -0.3 is 14.7 Å². The van der Waals surface area contributed by atoms with Crippen LogP contribution in [0.4, 0.5) is 5.82 Å². The van der Waals surface area contributed by atoms with Gasteiger partial charge in [-0.05, 0) is 43.7 Å². The predicted molar refractivity (Wildman–Crippen MR) is 102 cm³/mol. The SMILES string of the molecule is C=CCCOc1ccc(Br)cc1CN(CC)c1ccc(C(=O)O)cn1. The molecule has 0 spiro atoms. The summed E-state index contributed by atoms with van der Waals surface area (Å²) in [6, 6.07) is 9.21. The number of ether oxygens (including phenoxy) is 1. The van der Waals surface area contributed by atoms with Crippen LogP contribution < -0.4 is 9.64 Å². The van der Waals surface area contributed by atoms with Crippen molar-refractivity contribution in [3.05, 3.63) is 64.8 Å². The molecule has 0 aliphatic heterocycles. The van der Waals surface area contributed by atoms with Gasteiger partial charge in [-0.3, -0.25) is 0 Å². The second-order valence-electron chi connectivity index (χ2n) is 5.40. The summed E-state index contributed by atoms with van der Waals surface area (Å²) in [4.78, 5) is 17.3. The Morgan fingerprint density at radius 2 is 2.20 bits per heavy atom. The average molecular weight is 405 g/mol. The standard InChI is InChI=1S/C19H21BrN2O3/c1-3-5-10-25-17-8-7-16(20)11-15(17)13-22(4-2)18-9-6-14(12-21-18)19(23)24/h3,6-9,11-12H,1,4-5,10,13H2,2H3,(H,23,24). The zero-order valence-electron chi connectivity index (χ0n) is 14.1. The third-order valence-corrected chi connectivity index (χ3v) is 4.16. The lowest BCUT2D eigenvalue weighted by Crippen LogP contribution is -2.23. The lowest BCUT2D eigenvalue weighted by atomic mass is 10.2. The van der Waals surface area contributed by atoms with Gasteiger partial charge in [0.05, 0.1) is 12.2 Å². The fraction of sp³-hybridized carbons (Fsp3) is 0.263. The maximum atomic E-state index is 11.0. The molecule has 1 heterocycles. The van der Waals surface area contributed by atoms with Crippen LogP contribution in [0.3, 0.4) is 0 Å². The van der Waals surface area contributed by atoms with Gasteiger partial charge in [-0.2, -0.15) is 0 Å². The second-order valence-corrected chi connectivity index (χ2v) is 6.32. The van der Waals surface area contributed by atoms with E-state index in [4.69, 9.17) is 9.84 Å². The quantitative estimate of drug-likeness (QED) is 0.491. The molecule has 1 aromatic carbocycles. The second kappa shape index (κ2) is 9.22. The Bertz CT molecular complexity index is 732. The number of hydrogen-bond acceptors (Lipinski definition) is 4. The Balaban J connectivity index is 2.21. The van der Waals surface area contributed by atoms with Gasteiger partial charge in [-0.1, -0.05) is 22.0 Å². The molecular weight excluding hydrogens is 384 g/mol. The zero-order valence-corrected chi connectivity index (χ0v) is 15.7. The Hall–Kier alpha value is -2.34. The number of carbonyl (C=O) groups is 1. The minimum atomic E-state index is -0.980. The van der Waals surface area contributed by atoms with Crippen molar-refractivity contribution in [3.63, 3.8) is 0 Å². The number of rotatable bonds is 9.